The Balaban J connectivity index is 1.24. The topological polar surface area (TPSA) is 74.3 Å². The van der Waals surface area contributed by atoms with E-state index in [1.54, 1.807) is 60.7 Å². The highest BCUT2D eigenvalue weighted by Gasteiger charge is 2.17. The van der Waals surface area contributed by atoms with Gasteiger partial charge in [-0.25, -0.2) is 9.59 Å². The van der Waals surface area contributed by atoms with Gasteiger partial charge in [0.2, 0.25) is 0 Å². The lowest BCUT2D eigenvalue weighted by molar-refractivity contribution is 0.0717. The van der Waals surface area contributed by atoms with E-state index in [9.17, 15) is 9.59 Å². The van der Waals surface area contributed by atoms with Crippen LogP contribution in [0.4, 0.5) is 5.69 Å². The smallest absolute Gasteiger partial charge is 0.343 e. The first-order chi connectivity index (χ1) is 22.7. The molecule has 0 saturated carbocycles. The van der Waals surface area contributed by atoms with E-state index < -0.39 is 11.9 Å². The highest BCUT2D eigenvalue weighted by Crippen LogP contribution is 2.30. The van der Waals surface area contributed by atoms with Crippen molar-refractivity contribution in [2.45, 2.75) is 65.7 Å². The summed E-state index contributed by atoms with van der Waals surface area (Å²) in [5, 5.41) is 0. The predicted octanol–water partition coefficient (Wildman–Crippen LogP) is 9.17. The lowest BCUT2D eigenvalue weighted by atomic mass is 10.1. The molecule has 0 spiro atoms. The molecule has 0 atom stereocenters. The molecular weight excluding hydrogens is 590 g/mol. The molecule has 0 saturated heterocycles. The Kier molecular flexibility index (Phi) is 13.3. The summed E-state index contributed by atoms with van der Waals surface area (Å²) in [6.45, 7) is 7.07. The summed E-state index contributed by atoms with van der Waals surface area (Å²) in [5.41, 5.74) is 4.60. The molecular formula is C40H47NO6. The minimum absolute atomic E-state index is 0.403. The SMILES string of the molecule is CCCCCCCCOc1ccc(C(=O)Oc2ccc(OC(=O)c3ccc(OCCc4ccc(N(C)C)cc4)cc3)c(C)c2C)cc1. The zero-order chi connectivity index (χ0) is 33.6. The molecule has 4 rings (SSSR count). The van der Waals surface area contributed by atoms with Crippen LogP contribution in [0.2, 0.25) is 0 Å². The average Bonchev–Trinajstić information content (AvgIpc) is 3.08. The van der Waals surface area contributed by atoms with Crippen LogP contribution in [0.1, 0.15) is 82.9 Å². The van der Waals surface area contributed by atoms with Crippen LogP contribution < -0.4 is 23.8 Å². The van der Waals surface area contributed by atoms with Gasteiger partial charge in [0.1, 0.15) is 23.0 Å². The fourth-order valence-electron chi connectivity index (χ4n) is 5.00. The van der Waals surface area contributed by atoms with E-state index in [2.05, 4.69) is 36.1 Å². The zero-order valence-electron chi connectivity index (χ0n) is 28.3. The van der Waals surface area contributed by atoms with E-state index in [0.29, 0.717) is 52.7 Å². The normalized spacial score (nSPS) is 10.7. The minimum Gasteiger partial charge on any atom is -0.494 e. The zero-order valence-corrected chi connectivity index (χ0v) is 28.3. The van der Waals surface area contributed by atoms with Gasteiger partial charge in [-0.2, -0.15) is 0 Å². The van der Waals surface area contributed by atoms with E-state index >= 15 is 0 Å². The summed E-state index contributed by atoms with van der Waals surface area (Å²) in [6.07, 6.45) is 8.01. The minimum atomic E-state index is -0.483. The number of rotatable bonds is 17. The molecule has 0 heterocycles. The van der Waals surface area contributed by atoms with Crippen LogP contribution in [0.15, 0.2) is 84.9 Å². The van der Waals surface area contributed by atoms with Crippen LogP contribution in [0, 0.1) is 13.8 Å². The van der Waals surface area contributed by atoms with Crippen molar-refractivity contribution in [1.82, 2.24) is 0 Å². The monoisotopic (exact) mass is 637 g/mol. The molecule has 0 fully saturated rings. The summed E-state index contributed by atoms with van der Waals surface area (Å²) in [7, 11) is 4.04. The van der Waals surface area contributed by atoms with E-state index in [1.165, 1.54) is 31.2 Å². The Morgan fingerprint density at radius 1 is 0.574 bits per heavy atom. The van der Waals surface area contributed by atoms with Crippen LogP contribution in [0.25, 0.3) is 0 Å². The first kappa shape index (κ1) is 35.1. The first-order valence-corrected chi connectivity index (χ1v) is 16.5. The van der Waals surface area contributed by atoms with Crippen molar-refractivity contribution in [2.24, 2.45) is 0 Å². The molecule has 0 aliphatic carbocycles. The maximum atomic E-state index is 12.9. The van der Waals surface area contributed by atoms with Gasteiger partial charge < -0.3 is 23.8 Å². The van der Waals surface area contributed by atoms with Gasteiger partial charge in [0.05, 0.1) is 24.3 Å². The second-order valence-corrected chi connectivity index (χ2v) is 11.9. The van der Waals surface area contributed by atoms with Crippen LogP contribution >= 0.6 is 0 Å². The predicted molar refractivity (Wildman–Crippen MR) is 188 cm³/mol. The highest BCUT2D eigenvalue weighted by molar-refractivity contribution is 5.92. The molecule has 0 aliphatic heterocycles. The van der Waals surface area contributed by atoms with Crippen molar-refractivity contribution < 1.29 is 28.5 Å². The van der Waals surface area contributed by atoms with Crippen molar-refractivity contribution in [2.75, 3.05) is 32.2 Å². The third-order valence-corrected chi connectivity index (χ3v) is 8.15. The third kappa shape index (κ3) is 10.6. The van der Waals surface area contributed by atoms with Crippen LogP contribution in [0.5, 0.6) is 23.0 Å². The van der Waals surface area contributed by atoms with Gasteiger partial charge in [-0.15, -0.1) is 0 Å². The summed E-state index contributed by atoms with van der Waals surface area (Å²) < 4.78 is 23.1. The summed E-state index contributed by atoms with van der Waals surface area (Å²) in [5.74, 6) is 1.27. The molecule has 0 radical (unpaired) electrons. The number of ether oxygens (including phenoxy) is 4. The Labute approximate surface area is 279 Å². The highest BCUT2D eigenvalue weighted by atomic mass is 16.5. The molecule has 4 aromatic carbocycles. The summed E-state index contributed by atoms with van der Waals surface area (Å²) >= 11 is 0. The van der Waals surface area contributed by atoms with Gasteiger partial charge in [-0.1, -0.05) is 51.2 Å². The first-order valence-electron chi connectivity index (χ1n) is 16.5. The van der Waals surface area contributed by atoms with E-state index in [0.717, 1.165) is 30.7 Å². The lowest BCUT2D eigenvalue weighted by Crippen LogP contribution is -2.12. The number of anilines is 1. The van der Waals surface area contributed by atoms with Crippen molar-refractivity contribution in [3.8, 4) is 23.0 Å². The molecule has 47 heavy (non-hydrogen) atoms. The van der Waals surface area contributed by atoms with Crippen LogP contribution in [-0.2, 0) is 6.42 Å². The fraction of sp³-hybridized carbons (Fsp3) is 0.350. The largest absolute Gasteiger partial charge is 0.494 e. The maximum absolute atomic E-state index is 12.9. The Morgan fingerprint density at radius 2 is 1.04 bits per heavy atom. The van der Waals surface area contributed by atoms with Gasteiger partial charge in [-0.3, -0.25) is 0 Å². The second-order valence-electron chi connectivity index (χ2n) is 11.9. The van der Waals surface area contributed by atoms with Crippen molar-refractivity contribution in [3.63, 3.8) is 0 Å². The van der Waals surface area contributed by atoms with Gasteiger partial charge >= 0.3 is 11.9 Å². The molecule has 4 aromatic rings. The van der Waals surface area contributed by atoms with Gasteiger partial charge in [0.15, 0.2) is 0 Å². The van der Waals surface area contributed by atoms with Crippen molar-refractivity contribution in [1.29, 1.82) is 0 Å². The van der Waals surface area contributed by atoms with E-state index in [4.69, 9.17) is 18.9 Å². The van der Waals surface area contributed by atoms with Gasteiger partial charge in [0.25, 0.3) is 0 Å². The summed E-state index contributed by atoms with van der Waals surface area (Å²) in [4.78, 5) is 27.8. The molecule has 7 nitrogen and oxygen atoms in total. The second kappa shape index (κ2) is 17.8. The average molecular weight is 638 g/mol. The molecule has 0 aliphatic rings. The quantitative estimate of drug-likeness (QED) is 0.0649. The van der Waals surface area contributed by atoms with Crippen LogP contribution in [-0.4, -0.2) is 39.2 Å². The number of carbonyl (C=O) groups excluding carboxylic acids is 2. The molecule has 7 heteroatoms. The number of unbranched alkanes of at least 4 members (excludes halogenated alkanes) is 5. The number of hydrogen-bond acceptors (Lipinski definition) is 7. The third-order valence-electron chi connectivity index (χ3n) is 8.15. The number of esters is 2. The summed E-state index contributed by atoms with van der Waals surface area (Å²) in [6, 6.07) is 25.6. The molecule has 0 unspecified atom stereocenters. The number of benzene rings is 4. The molecule has 0 amide bonds. The molecule has 248 valence electrons. The lowest BCUT2D eigenvalue weighted by Gasteiger charge is -2.14. The fourth-order valence-corrected chi connectivity index (χ4v) is 5.00. The molecule has 0 aromatic heterocycles. The van der Waals surface area contributed by atoms with Crippen LogP contribution in [0.3, 0.4) is 0 Å². The standard InChI is InChI=1S/C40H47NO6/c1-6-7-8-9-10-11-27-44-35-20-14-32(15-21-35)39(42)46-37-24-25-38(30(3)29(37)2)47-40(43)33-16-22-36(23-17-33)45-28-26-31-12-18-34(19-13-31)41(4)5/h12-25H,6-11,26-28H2,1-5H3. The Hall–Kier alpha value is -4.78. The number of carbonyl (C=O) groups is 2. The van der Waals surface area contributed by atoms with Crippen molar-refractivity contribution >= 4 is 17.6 Å². The Bertz CT molecular complexity index is 1580. The Morgan fingerprint density at radius 3 is 1.53 bits per heavy atom. The van der Waals surface area contributed by atoms with Gasteiger partial charge in [-0.05, 0) is 110 Å². The van der Waals surface area contributed by atoms with E-state index in [-0.39, 0.29) is 0 Å². The van der Waals surface area contributed by atoms with Gasteiger partial charge in [0, 0.05) is 26.2 Å². The molecule has 0 bridgehead atoms. The van der Waals surface area contributed by atoms with Crippen molar-refractivity contribution in [3.05, 3.63) is 113 Å². The maximum Gasteiger partial charge on any atom is 0.343 e. The number of hydrogen-bond donors (Lipinski definition) is 0. The molecule has 0 N–H and O–H groups in total. The number of nitrogens with zero attached hydrogens (tertiary/aromatic N) is 1. The van der Waals surface area contributed by atoms with E-state index in [1.807, 2.05) is 27.9 Å².